The molecule has 4 aromatic rings. The van der Waals surface area contributed by atoms with Crippen LogP contribution in [0.25, 0.3) is 12.2 Å². The van der Waals surface area contributed by atoms with Gasteiger partial charge in [0.1, 0.15) is 17.5 Å². The number of fused-ring (bicyclic) bond motifs is 2. The van der Waals surface area contributed by atoms with Crippen LogP contribution in [0.15, 0.2) is 59.4 Å². The molecule has 0 saturated heterocycles. The Kier molecular flexibility index (Phi) is 3.98. The van der Waals surface area contributed by atoms with Gasteiger partial charge in [-0.3, -0.25) is 4.79 Å². The first-order valence-electron chi connectivity index (χ1n) is 8.87. The predicted octanol–water partition coefficient (Wildman–Crippen LogP) is 2.76. The summed E-state index contributed by atoms with van der Waals surface area (Å²) in [5.74, 6) is -0.0992. The van der Waals surface area contributed by atoms with Gasteiger partial charge >= 0.3 is 0 Å². The minimum absolute atomic E-state index is 0.282. The summed E-state index contributed by atoms with van der Waals surface area (Å²) in [6.45, 7) is 0. The minimum Gasteiger partial charge on any atom is -0.318 e. The largest absolute Gasteiger partial charge is 0.318 e. The quantitative estimate of drug-likeness (QED) is 0.494. The van der Waals surface area contributed by atoms with Gasteiger partial charge in [-0.25, -0.2) is 9.49 Å². The fourth-order valence-corrected chi connectivity index (χ4v) is 3.41. The number of benzene rings is 2. The third-order valence-corrected chi connectivity index (χ3v) is 4.70. The second-order valence-electron chi connectivity index (χ2n) is 6.50. The van der Waals surface area contributed by atoms with Crippen molar-refractivity contribution >= 4 is 23.8 Å². The molecule has 3 heterocycles. The molecule has 0 saturated carbocycles. The van der Waals surface area contributed by atoms with Gasteiger partial charge in [0.15, 0.2) is 0 Å². The molecule has 2 aromatic heterocycles. The number of tetrazole rings is 1. The molecule has 8 nitrogen and oxygen atoms in total. The molecule has 2 N–H and O–H groups in total. The lowest BCUT2D eigenvalue weighted by molar-refractivity contribution is 0.558. The number of aromatic nitrogens is 6. The van der Waals surface area contributed by atoms with Gasteiger partial charge in [-0.05, 0) is 39.8 Å². The number of anilines is 2. The third kappa shape index (κ3) is 2.98. The first-order valence-corrected chi connectivity index (χ1v) is 8.87. The molecule has 0 fully saturated rings. The number of H-pyrrole nitrogens is 1. The Morgan fingerprint density at radius 1 is 1.07 bits per heavy atom. The van der Waals surface area contributed by atoms with Crippen LogP contribution in [0.5, 0.6) is 0 Å². The van der Waals surface area contributed by atoms with Crippen molar-refractivity contribution in [1.82, 2.24) is 30.4 Å². The standard InChI is InChI=1S/C20H14FN7O/c21-14-8-4-7-13(11-14)18-16-15(10-9-12-5-2-1-3-6-12)23-24-19(29)17(16)22-20-25-26-27-28(18)20/h1-11,18H,(H,24,29)(H,22,25,27)/b10-9+/t18-/m1/s1. The lowest BCUT2D eigenvalue weighted by Crippen LogP contribution is -2.29. The van der Waals surface area contributed by atoms with Gasteiger partial charge < -0.3 is 5.32 Å². The molecule has 0 amide bonds. The molecule has 1 atom stereocenters. The predicted molar refractivity (Wildman–Crippen MR) is 105 cm³/mol. The monoisotopic (exact) mass is 387 g/mol. The van der Waals surface area contributed by atoms with Gasteiger partial charge in [0, 0.05) is 5.56 Å². The smallest absolute Gasteiger partial charge is 0.288 e. The van der Waals surface area contributed by atoms with Crippen LogP contribution in [0.4, 0.5) is 16.0 Å². The van der Waals surface area contributed by atoms with Crippen molar-refractivity contribution in [2.45, 2.75) is 6.04 Å². The second kappa shape index (κ2) is 6.79. The van der Waals surface area contributed by atoms with Crippen LogP contribution in [-0.2, 0) is 0 Å². The number of rotatable bonds is 3. The fraction of sp³-hybridized carbons (Fsp3) is 0.0500. The van der Waals surface area contributed by atoms with Crippen LogP contribution >= 0.6 is 0 Å². The van der Waals surface area contributed by atoms with Crippen molar-refractivity contribution in [3.63, 3.8) is 0 Å². The molecule has 0 unspecified atom stereocenters. The molecule has 0 spiro atoms. The first kappa shape index (κ1) is 17.0. The summed E-state index contributed by atoms with van der Waals surface area (Å²) in [5, 5.41) is 21.3. The zero-order valence-corrected chi connectivity index (χ0v) is 15.0. The highest BCUT2D eigenvalue weighted by atomic mass is 19.1. The molecule has 0 bridgehead atoms. The number of hydrogen-bond acceptors (Lipinski definition) is 6. The molecular formula is C20H14FN7O. The topological polar surface area (TPSA) is 101 Å². The maximum absolute atomic E-state index is 14.0. The number of hydrogen-bond donors (Lipinski definition) is 2. The van der Waals surface area contributed by atoms with E-state index >= 15 is 0 Å². The van der Waals surface area contributed by atoms with E-state index in [1.54, 1.807) is 18.2 Å². The van der Waals surface area contributed by atoms with Gasteiger partial charge in [0.2, 0.25) is 5.95 Å². The summed E-state index contributed by atoms with van der Waals surface area (Å²) in [7, 11) is 0. The minimum atomic E-state index is -0.614. The molecule has 1 aliphatic rings. The molecule has 5 rings (SSSR count). The Morgan fingerprint density at radius 3 is 2.76 bits per heavy atom. The highest BCUT2D eigenvalue weighted by Gasteiger charge is 2.33. The van der Waals surface area contributed by atoms with Crippen molar-refractivity contribution in [2.75, 3.05) is 5.32 Å². The van der Waals surface area contributed by atoms with Gasteiger partial charge in [-0.1, -0.05) is 53.6 Å². The Bertz CT molecular complexity index is 1280. The number of halogens is 1. The number of nitrogens with one attached hydrogen (secondary N) is 2. The van der Waals surface area contributed by atoms with E-state index in [-0.39, 0.29) is 5.69 Å². The highest BCUT2D eigenvalue weighted by Crippen LogP contribution is 2.38. The molecule has 1 aliphatic heterocycles. The summed E-state index contributed by atoms with van der Waals surface area (Å²) < 4.78 is 15.5. The lowest BCUT2D eigenvalue weighted by atomic mass is 9.94. The third-order valence-electron chi connectivity index (χ3n) is 4.70. The molecule has 29 heavy (non-hydrogen) atoms. The van der Waals surface area contributed by atoms with Crippen LogP contribution in [0, 0.1) is 5.82 Å². The van der Waals surface area contributed by atoms with Crippen LogP contribution in [-0.4, -0.2) is 30.4 Å². The number of nitrogens with zero attached hydrogens (tertiary/aromatic N) is 5. The summed E-state index contributed by atoms with van der Waals surface area (Å²) in [6, 6.07) is 15.2. The summed E-state index contributed by atoms with van der Waals surface area (Å²) in [6.07, 6.45) is 3.69. The molecule has 9 heteroatoms. The van der Waals surface area contributed by atoms with Crippen molar-refractivity contribution in [2.24, 2.45) is 0 Å². The van der Waals surface area contributed by atoms with Crippen molar-refractivity contribution in [1.29, 1.82) is 0 Å². The van der Waals surface area contributed by atoms with Crippen molar-refractivity contribution in [3.8, 4) is 0 Å². The average Bonchev–Trinajstić information content (AvgIpc) is 3.21. The summed E-state index contributed by atoms with van der Waals surface area (Å²) >= 11 is 0. The fourth-order valence-electron chi connectivity index (χ4n) is 3.41. The Morgan fingerprint density at radius 2 is 1.93 bits per heavy atom. The number of aromatic amines is 1. The van der Waals surface area contributed by atoms with Crippen LogP contribution < -0.4 is 10.9 Å². The maximum Gasteiger partial charge on any atom is 0.288 e. The zero-order valence-electron chi connectivity index (χ0n) is 15.0. The second-order valence-corrected chi connectivity index (χ2v) is 6.50. The van der Waals surface area contributed by atoms with E-state index in [1.807, 2.05) is 36.4 Å². The summed E-state index contributed by atoms with van der Waals surface area (Å²) in [4.78, 5) is 12.5. The Labute approximate surface area is 163 Å². The summed E-state index contributed by atoms with van der Waals surface area (Å²) in [5.41, 5.74) is 2.53. The molecular weight excluding hydrogens is 373 g/mol. The molecule has 142 valence electrons. The Hall–Kier alpha value is -4.14. The normalized spacial score (nSPS) is 15.0. The van der Waals surface area contributed by atoms with E-state index in [9.17, 15) is 9.18 Å². The van der Waals surface area contributed by atoms with Crippen LogP contribution in [0.1, 0.15) is 28.4 Å². The zero-order chi connectivity index (χ0) is 19.8. The van der Waals surface area contributed by atoms with Gasteiger partial charge in [0.05, 0.1) is 5.69 Å². The first-order chi connectivity index (χ1) is 14.2. The average molecular weight is 387 g/mol. The van der Waals surface area contributed by atoms with E-state index in [4.69, 9.17) is 0 Å². The highest BCUT2D eigenvalue weighted by molar-refractivity contribution is 5.75. The molecule has 0 aliphatic carbocycles. The maximum atomic E-state index is 14.0. The van der Waals surface area contributed by atoms with Gasteiger partial charge in [-0.2, -0.15) is 9.78 Å². The van der Waals surface area contributed by atoms with E-state index in [0.29, 0.717) is 22.8 Å². The van der Waals surface area contributed by atoms with Gasteiger partial charge in [0.25, 0.3) is 5.56 Å². The van der Waals surface area contributed by atoms with Crippen LogP contribution in [0.2, 0.25) is 0 Å². The molecule has 0 radical (unpaired) electrons. The van der Waals surface area contributed by atoms with E-state index < -0.39 is 17.4 Å². The van der Waals surface area contributed by atoms with Crippen LogP contribution in [0.3, 0.4) is 0 Å². The Balaban J connectivity index is 1.72. The van der Waals surface area contributed by atoms with Gasteiger partial charge in [-0.15, -0.1) is 0 Å². The van der Waals surface area contributed by atoms with E-state index in [0.717, 1.165) is 5.56 Å². The van der Waals surface area contributed by atoms with Crippen molar-refractivity contribution in [3.05, 3.63) is 93.2 Å². The lowest BCUT2D eigenvalue weighted by Gasteiger charge is -2.27. The SMILES string of the molecule is O=c1[nH]nc(/C=C/c2ccccc2)c2c1Nc1nnnn1[C@@H]2c1cccc(F)c1. The van der Waals surface area contributed by atoms with Crippen molar-refractivity contribution < 1.29 is 4.39 Å². The molecule has 2 aromatic carbocycles. The van der Waals surface area contributed by atoms with E-state index in [2.05, 4.69) is 31.0 Å². The van der Waals surface area contributed by atoms with E-state index in [1.165, 1.54) is 16.8 Å².